The summed E-state index contributed by atoms with van der Waals surface area (Å²) in [6.45, 7) is 20.6. The van der Waals surface area contributed by atoms with Crippen LogP contribution in [0.5, 0.6) is 0 Å². The topological polar surface area (TPSA) is 324 Å². The minimum absolute atomic E-state index is 0. The van der Waals surface area contributed by atoms with Gasteiger partial charge in [0, 0.05) is 34.7 Å². The number of thioether (sulfide) groups is 1. The molecule has 0 amide bonds. The third-order valence-corrected chi connectivity index (χ3v) is 23.8. The number of hydrogen-bond donors (Lipinski definition) is 3. The summed E-state index contributed by atoms with van der Waals surface area (Å²) in [4.78, 5) is 4.99. The van der Waals surface area contributed by atoms with Crippen LogP contribution in [0.2, 0.25) is 0 Å². The van der Waals surface area contributed by atoms with Gasteiger partial charge in [-0.3, -0.25) is 15.6 Å². The summed E-state index contributed by atoms with van der Waals surface area (Å²) in [6, 6.07) is 1.68. The zero-order valence-corrected chi connectivity index (χ0v) is 53.8. The van der Waals surface area contributed by atoms with E-state index in [4.69, 9.17) is 20.3 Å². The first kappa shape index (κ1) is 65.2. The Morgan fingerprint density at radius 1 is 0.800 bits per heavy atom. The molecule has 410 valence electrons. The monoisotopic (exact) mass is 1160 g/mol. The Morgan fingerprint density at radius 2 is 1.37 bits per heavy atom. The summed E-state index contributed by atoms with van der Waals surface area (Å²) in [6.07, 6.45) is 2.22. The number of fused-ring (bicyclic) bond motifs is 1. The van der Waals surface area contributed by atoms with Gasteiger partial charge in [-0.25, -0.2) is 38.4 Å². The second-order valence-electron chi connectivity index (χ2n) is 23.8. The molecule has 1 saturated heterocycles. The number of hydrogen-bond acceptors (Lipinski definition) is 19. The largest absolute Gasteiger partial charge is 1.00 e. The van der Waals surface area contributed by atoms with Crippen LogP contribution in [-0.4, -0.2) is 132 Å². The Kier molecular flexibility index (Phi) is 21.6. The van der Waals surface area contributed by atoms with Crippen LogP contribution in [0.3, 0.4) is 0 Å². The molecule has 5 fully saturated rings. The molecule has 0 bridgehead atoms. The van der Waals surface area contributed by atoms with Gasteiger partial charge >= 0.3 is 59.1 Å². The average molecular weight is 1160 g/mol. The van der Waals surface area contributed by atoms with Crippen LogP contribution in [0.4, 0.5) is 5.82 Å². The first-order valence-corrected chi connectivity index (χ1v) is 33.0. The maximum absolute atomic E-state index is 14.1. The van der Waals surface area contributed by atoms with Crippen molar-refractivity contribution in [3.63, 3.8) is 0 Å². The Morgan fingerprint density at radius 3 is 1.89 bits per heavy atom. The van der Waals surface area contributed by atoms with Crippen LogP contribution in [0, 0.1) is 70.0 Å². The third kappa shape index (κ3) is 14.4. The molecule has 4 aliphatic carbocycles. The summed E-state index contributed by atoms with van der Waals surface area (Å²) >= 11 is 1.24. The summed E-state index contributed by atoms with van der Waals surface area (Å²) < 4.78 is 134. The van der Waals surface area contributed by atoms with Crippen LogP contribution < -0.4 is 74.5 Å². The van der Waals surface area contributed by atoms with Crippen molar-refractivity contribution in [1.82, 2.24) is 29.4 Å². The smallest absolute Gasteiger partial charge is 0.748 e. The predicted molar refractivity (Wildman–Crippen MR) is 276 cm³/mol. The van der Waals surface area contributed by atoms with Crippen molar-refractivity contribution in [2.45, 2.75) is 202 Å². The van der Waals surface area contributed by atoms with Crippen molar-refractivity contribution in [1.29, 1.82) is 10.5 Å². The van der Waals surface area contributed by atoms with Gasteiger partial charge in [0.1, 0.15) is 17.7 Å². The van der Waals surface area contributed by atoms with Crippen molar-refractivity contribution in [2.75, 3.05) is 6.26 Å². The summed E-state index contributed by atoms with van der Waals surface area (Å²) in [5.74, 6) is 0.166. The molecule has 28 heteroatoms. The second kappa shape index (κ2) is 24.8. The van der Waals surface area contributed by atoms with Crippen molar-refractivity contribution in [2.24, 2.45) is 62.6 Å². The van der Waals surface area contributed by atoms with E-state index in [2.05, 4.69) is 69.0 Å². The van der Waals surface area contributed by atoms with Crippen molar-refractivity contribution in [3.05, 3.63) is 11.3 Å². The summed E-state index contributed by atoms with van der Waals surface area (Å²) in [5, 5.41) is 39.7. The molecule has 3 N–H and O–H groups in total. The van der Waals surface area contributed by atoms with E-state index >= 15 is 0 Å². The van der Waals surface area contributed by atoms with Crippen molar-refractivity contribution >= 4 is 63.0 Å². The van der Waals surface area contributed by atoms with E-state index in [-0.39, 0.29) is 132 Å². The number of aromatic nitrogens is 2. The number of sulfonamides is 2. The van der Waals surface area contributed by atoms with E-state index in [1.54, 1.807) is 4.31 Å². The Bertz CT molecular complexity index is 2820. The minimum atomic E-state index is -5.07. The molecular weight excluding hydrogens is 1080 g/mol. The van der Waals surface area contributed by atoms with Gasteiger partial charge in [-0.1, -0.05) is 81.0 Å². The van der Waals surface area contributed by atoms with Gasteiger partial charge in [0.2, 0.25) is 20.0 Å². The molecule has 0 spiro atoms. The fraction of sp³-hybridized carbons (Fsp3) is 0.872. The van der Waals surface area contributed by atoms with Crippen molar-refractivity contribution < 1.29 is 102 Å². The molecular formula is C47H75N11Na2O10S5. The molecule has 21 nitrogen and oxygen atoms in total. The number of rotatable bonds is 12. The Balaban J connectivity index is 0.00000520. The van der Waals surface area contributed by atoms with E-state index in [9.17, 15) is 53.3 Å². The molecule has 4 saturated carbocycles. The number of nitrogens with zero attached hydrogens (tertiary/aromatic N) is 8. The van der Waals surface area contributed by atoms with Crippen LogP contribution in [0.15, 0.2) is 15.2 Å². The second-order valence-corrected chi connectivity index (χ2v) is 32.1. The Hall–Kier alpha value is -0.630. The SMILES string of the molecule is CC1CC(C)C(NC2NC(N(C3C(C)CC(C)CC3C)S(C)(=O)=O)C(C#N)C(C)C2N=Nc2c(C#N)c(C(C)(C)C)nn2C2=NC3CCC(S(=O)(=O)NC4CC(S(=O)(=O)[O-])CCC4S(=O)(=O)[O-])CC3S2)C(C)C1.[Na+].[Na+]. The predicted octanol–water partition coefficient (Wildman–Crippen LogP) is -0.923. The number of nitrogens with one attached hydrogen (secondary N) is 3. The summed E-state index contributed by atoms with van der Waals surface area (Å²) in [7, 11) is -18.2. The molecule has 15 unspecified atom stereocenters. The number of nitriles is 2. The number of aliphatic imine (C=N–C) groups is 1. The van der Waals surface area contributed by atoms with Crippen LogP contribution in [-0.2, 0) is 45.7 Å². The fourth-order valence-corrected chi connectivity index (χ4v) is 20.3. The number of piperidine rings is 1. The molecule has 75 heavy (non-hydrogen) atoms. The minimum Gasteiger partial charge on any atom is -0.748 e. The van der Waals surface area contributed by atoms with E-state index in [1.165, 1.54) is 22.7 Å². The molecule has 0 radical (unpaired) electrons. The summed E-state index contributed by atoms with van der Waals surface area (Å²) in [5.41, 5.74) is -0.119. The van der Waals surface area contributed by atoms with Crippen LogP contribution in [0.1, 0.15) is 145 Å². The zero-order chi connectivity index (χ0) is 54.1. The van der Waals surface area contributed by atoms with E-state index in [0.717, 1.165) is 25.7 Å². The molecule has 0 aromatic carbocycles. The number of azo groups is 1. The van der Waals surface area contributed by atoms with Gasteiger partial charge in [0.15, 0.2) is 11.0 Å². The van der Waals surface area contributed by atoms with Crippen molar-refractivity contribution in [3.8, 4) is 12.1 Å². The molecule has 15 atom stereocenters. The molecule has 1 aromatic rings. The molecule has 3 heterocycles. The van der Waals surface area contributed by atoms with Gasteiger partial charge in [0.05, 0.1) is 78.3 Å². The first-order valence-electron chi connectivity index (χ1n) is 25.7. The van der Waals surface area contributed by atoms with Gasteiger partial charge in [-0.2, -0.15) is 29.7 Å². The Labute approximate surface area is 494 Å². The zero-order valence-electron chi connectivity index (χ0n) is 45.7. The quantitative estimate of drug-likeness (QED) is 0.129. The molecule has 6 aliphatic rings. The maximum atomic E-state index is 14.1. The van der Waals surface area contributed by atoms with Gasteiger partial charge in [-0.15, -0.1) is 5.11 Å². The standard InChI is InChI=1S/C47H77N11O10S5.2Na/c1-24-16-26(3)39(27(4)17-24)51-43-40(30(7)33(22-48)44(52-43)58(70(11,59)60)41-28(5)18-25(2)19-29(41)6)53-54-45-34(23-49)42(47(8,9)10)55-57(45)46-50-35-14-12-31(21-37(35)69-46)71(61,62)56-36-20-32(72(63,64)65)13-15-38(36)73(66,67)68;;/h24-33,35-41,43-44,51-52,56H,12-21H2,1-11H3,(H,63,64,65)(H,66,67,68);;/q;2*+1/p-2. The first-order chi connectivity index (χ1) is 33.7. The fourth-order valence-electron chi connectivity index (χ4n) is 13.6. The average Bonchev–Trinajstić information content (AvgIpc) is 3.86. The normalized spacial score (nSPS) is 38.1. The molecule has 7 rings (SSSR count). The van der Waals surface area contributed by atoms with Gasteiger partial charge in [0.25, 0.3) is 0 Å². The van der Waals surface area contributed by atoms with Gasteiger partial charge < -0.3 is 9.11 Å². The van der Waals surface area contributed by atoms with Crippen LogP contribution in [0.25, 0.3) is 0 Å². The van der Waals surface area contributed by atoms with E-state index in [0.29, 0.717) is 22.7 Å². The maximum Gasteiger partial charge on any atom is 1.00 e. The third-order valence-electron chi connectivity index (χ3n) is 16.8. The van der Waals surface area contributed by atoms with Gasteiger partial charge in [-0.05, 0) is 99.7 Å². The van der Waals surface area contributed by atoms with Crippen LogP contribution >= 0.6 is 11.8 Å². The molecule has 1 aromatic heterocycles. The van der Waals surface area contributed by atoms with E-state index in [1.807, 2.05) is 27.7 Å². The van der Waals surface area contributed by atoms with E-state index < -0.39 is 122 Å². The molecule has 2 aliphatic heterocycles.